The van der Waals surface area contributed by atoms with E-state index in [0.717, 1.165) is 19.3 Å². The van der Waals surface area contributed by atoms with Crippen LogP contribution in [0.3, 0.4) is 0 Å². The molecule has 1 unspecified atom stereocenters. The summed E-state index contributed by atoms with van der Waals surface area (Å²) in [5.74, 6) is 1.00. The Hall–Kier alpha value is -0.860. The summed E-state index contributed by atoms with van der Waals surface area (Å²) in [5.41, 5.74) is 5.60. The summed E-state index contributed by atoms with van der Waals surface area (Å²) in [7, 11) is -1.84. The summed E-state index contributed by atoms with van der Waals surface area (Å²) in [6.07, 6.45) is 2.82. The number of hydrogen-bond acceptors (Lipinski definition) is 5. The number of nitrogens with two attached hydrogens (primary N) is 1. The summed E-state index contributed by atoms with van der Waals surface area (Å²) >= 11 is 0. The normalized spacial score (nSPS) is 18.8. The van der Waals surface area contributed by atoms with E-state index in [9.17, 15) is 8.42 Å². The lowest BCUT2D eigenvalue weighted by atomic mass is 9.96. The summed E-state index contributed by atoms with van der Waals surface area (Å²) in [6, 6.07) is 6.57. The Labute approximate surface area is 150 Å². The van der Waals surface area contributed by atoms with Crippen molar-refractivity contribution in [2.24, 2.45) is 11.7 Å². The smallest absolute Gasteiger partial charge is 0.243 e. The Morgan fingerprint density at radius 1 is 1.25 bits per heavy atom. The van der Waals surface area contributed by atoms with Crippen LogP contribution in [0.25, 0.3) is 0 Å². The van der Waals surface area contributed by atoms with E-state index in [1.807, 2.05) is 0 Å². The summed E-state index contributed by atoms with van der Waals surface area (Å²) in [5, 5.41) is 0. The second-order valence-electron chi connectivity index (χ2n) is 5.76. The van der Waals surface area contributed by atoms with E-state index < -0.39 is 10.0 Å². The van der Waals surface area contributed by atoms with E-state index in [1.165, 1.54) is 0 Å². The average molecular weight is 379 g/mol. The highest BCUT2D eigenvalue weighted by molar-refractivity contribution is 7.89. The van der Waals surface area contributed by atoms with E-state index in [1.54, 1.807) is 35.7 Å². The fourth-order valence-corrected chi connectivity index (χ4v) is 4.37. The molecule has 1 saturated heterocycles. The van der Waals surface area contributed by atoms with Crippen LogP contribution in [0.5, 0.6) is 5.75 Å². The number of hydrogen-bond donors (Lipinski definition) is 1. The molecule has 0 bridgehead atoms. The van der Waals surface area contributed by atoms with Crippen molar-refractivity contribution >= 4 is 22.4 Å². The van der Waals surface area contributed by atoms with Crippen molar-refractivity contribution in [1.29, 1.82) is 0 Å². The van der Waals surface area contributed by atoms with Crippen LogP contribution in [0, 0.1) is 5.92 Å². The Kier molecular flexibility index (Phi) is 9.01. The lowest BCUT2D eigenvalue weighted by Crippen LogP contribution is -2.40. The maximum Gasteiger partial charge on any atom is 0.243 e. The molecule has 0 radical (unpaired) electrons. The third kappa shape index (κ3) is 5.60. The topological polar surface area (TPSA) is 81.9 Å². The fourth-order valence-electron chi connectivity index (χ4n) is 2.82. The van der Waals surface area contributed by atoms with Crippen molar-refractivity contribution in [2.75, 3.05) is 40.0 Å². The second kappa shape index (κ2) is 10.2. The van der Waals surface area contributed by atoms with Crippen molar-refractivity contribution < 1.29 is 17.9 Å². The third-order valence-corrected chi connectivity index (χ3v) is 5.95. The molecule has 0 aromatic heterocycles. The highest BCUT2D eigenvalue weighted by atomic mass is 35.5. The molecule has 24 heavy (non-hydrogen) atoms. The Morgan fingerprint density at radius 2 is 1.96 bits per heavy atom. The molecule has 1 aromatic carbocycles. The molecule has 1 aliphatic rings. The quantitative estimate of drug-likeness (QED) is 0.698. The van der Waals surface area contributed by atoms with Gasteiger partial charge in [-0.1, -0.05) is 0 Å². The lowest BCUT2D eigenvalue weighted by Gasteiger charge is -2.31. The number of ether oxygens (including phenoxy) is 2. The van der Waals surface area contributed by atoms with Crippen LogP contribution in [0.15, 0.2) is 29.2 Å². The average Bonchev–Trinajstić information content (AvgIpc) is 2.56. The highest BCUT2D eigenvalue weighted by Gasteiger charge is 2.29. The van der Waals surface area contributed by atoms with Gasteiger partial charge < -0.3 is 15.2 Å². The van der Waals surface area contributed by atoms with Crippen LogP contribution in [0.1, 0.15) is 19.3 Å². The van der Waals surface area contributed by atoms with Gasteiger partial charge in [0.15, 0.2) is 0 Å². The second-order valence-corrected chi connectivity index (χ2v) is 7.70. The minimum absolute atomic E-state index is 0. The molecule has 0 saturated carbocycles. The van der Waals surface area contributed by atoms with Gasteiger partial charge in [-0.3, -0.25) is 0 Å². The molecule has 1 fully saturated rings. The Morgan fingerprint density at radius 3 is 2.58 bits per heavy atom. The SMILES string of the molecule is COCCOc1ccc(S(=O)(=O)N2CCCC(CCN)C2)cc1.Cl. The summed E-state index contributed by atoms with van der Waals surface area (Å²) in [6.45, 7) is 2.68. The van der Waals surface area contributed by atoms with Crippen LogP contribution < -0.4 is 10.5 Å². The van der Waals surface area contributed by atoms with Gasteiger partial charge in [-0.2, -0.15) is 4.31 Å². The van der Waals surface area contributed by atoms with E-state index in [4.69, 9.17) is 15.2 Å². The molecule has 2 rings (SSSR count). The number of piperidine rings is 1. The lowest BCUT2D eigenvalue weighted by molar-refractivity contribution is 0.146. The molecule has 1 heterocycles. The van der Waals surface area contributed by atoms with Gasteiger partial charge in [0.1, 0.15) is 12.4 Å². The van der Waals surface area contributed by atoms with Crippen LogP contribution in [-0.4, -0.2) is 52.7 Å². The van der Waals surface area contributed by atoms with Gasteiger partial charge in [0, 0.05) is 20.2 Å². The number of methoxy groups -OCH3 is 1. The number of rotatable bonds is 8. The molecule has 1 atom stereocenters. The molecular formula is C16H27ClN2O4S. The van der Waals surface area contributed by atoms with E-state index in [0.29, 0.717) is 49.4 Å². The molecule has 1 aliphatic heterocycles. The van der Waals surface area contributed by atoms with Gasteiger partial charge in [0.25, 0.3) is 0 Å². The monoisotopic (exact) mass is 378 g/mol. The zero-order valence-corrected chi connectivity index (χ0v) is 15.7. The molecular weight excluding hydrogens is 352 g/mol. The molecule has 6 nitrogen and oxygen atoms in total. The van der Waals surface area contributed by atoms with Crippen molar-refractivity contribution in [3.63, 3.8) is 0 Å². The number of sulfonamides is 1. The predicted octanol–water partition coefficient (Wildman–Crippen LogP) is 1.88. The van der Waals surface area contributed by atoms with Gasteiger partial charge in [0.2, 0.25) is 10.0 Å². The zero-order valence-electron chi connectivity index (χ0n) is 14.0. The molecule has 138 valence electrons. The van der Waals surface area contributed by atoms with Crippen LogP contribution in [0.2, 0.25) is 0 Å². The zero-order chi connectivity index (χ0) is 16.7. The first-order valence-corrected chi connectivity index (χ1v) is 9.44. The predicted molar refractivity (Wildman–Crippen MR) is 96.2 cm³/mol. The number of halogens is 1. The first-order chi connectivity index (χ1) is 11.1. The van der Waals surface area contributed by atoms with Crippen LogP contribution >= 0.6 is 12.4 Å². The number of nitrogens with zero attached hydrogens (tertiary/aromatic N) is 1. The maximum atomic E-state index is 12.7. The van der Waals surface area contributed by atoms with Gasteiger partial charge in [-0.15, -0.1) is 12.4 Å². The maximum absolute atomic E-state index is 12.7. The molecule has 0 aliphatic carbocycles. The molecule has 0 amide bonds. The molecule has 0 spiro atoms. The standard InChI is InChI=1S/C16H26N2O4S.ClH/c1-21-11-12-22-15-4-6-16(7-5-15)23(19,20)18-10-2-3-14(13-18)8-9-17;/h4-7,14H,2-3,8-13,17H2,1H3;1H. The molecule has 2 N–H and O–H groups in total. The van der Waals surface area contributed by atoms with E-state index >= 15 is 0 Å². The van der Waals surface area contributed by atoms with Gasteiger partial charge >= 0.3 is 0 Å². The van der Waals surface area contributed by atoms with Crippen LogP contribution in [0.4, 0.5) is 0 Å². The fraction of sp³-hybridized carbons (Fsp3) is 0.625. The third-order valence-electron chi connectivity index (χ3n) is 4.07. The van der Waals surface area contributed by atoms with Gasteiger partial charge in [-0.05, 0) is 56.0 Å². The van der Waals surface area contributed by atoms with E-state index in [-0.39, 0.29) is 12.4 Å². The van der Waals surface area contributed by atoms with Gasteiger partial charge in [-0.25, -0.2) is 8.42 Å². The Balaban J connectivity index is 0.00000288. The highest BCUT2D eigenvalue weighted by Crippen LogP contribution is 2.26. The van der Waals surface area contributed by atoms with Gasteiger partial charge in [0.05, 0.1) is 11.5 Å². The minimum atomic E-state index is -3.44. The first kappa shape index (κ1) is 21.2. The molecule has 1 aromatic rings. The van der Waals surface area contributed by atoms with Crippen LogP contribution in [-0.2, 0) is 14.8 Å². The van der Waals surface area contributed by atoms with Crippen molar-refractivity contribution in [2.45, 2.75) is 24.2 Å². The minimum Gasteiger partial charge on any atom is -0.491 e. The first-order valence-electron chi connectivity index (χ1n) is 8.00. The summed E-state index contributed by atoms with van der Waals surface area (Å²) < 4.78 is 37.4. The largest absolute Gasteiger partial charge is 0.491 e. The summed E-state index contributed by atoms with van der Waals surface area (Å²) in [4.78, 5) is 0.310. The Bertz CT molecular complexity index is 578. The molecule has 8 heteroatoms. The van der Waals surface area contributed by atoms with Crippen molar-refractivity contribution in [1.82, 2.24) is 4.31 Å². The van der Waals surface area contributed by atoms with Crippen molar-refractivity contribution in [3.8, 4) is 5.75 Å². The number of benzene rings is 1. The van der Waals surface area contributed by atoms with E-state index in [2.05, 4.69) is 0 Å². The van der Waals surface area contributed by atoms with Crippen molar-refractivity contribution in [3.05, 3.63) is 24.3 Å².